The monoisotopic (exact) mass is 485 g/mol. The number of carbonyl (C=O) groups is 4. The molecular formula is C21H25F2N3O6S. The van der Waals surface area contributed by atoms with Crippen LogP contribution in [0.5, 0.6) is 11.5 Å². The van der Waals surface area contributed by atoms with Crippen LogP contribution in [-0.4, -0.2) is 60.7 Å². The van der Waals surface area contributed by atoms with Crippen molar-refractivity contribution >= 4 is 40.8 Å². The summed E-state index contributed by atoms with van der Waals surface area (Å²) in [5.41, 5.74) is 0.447. The maximum Gasteiger partial charge on any atom is 0.387 e. The average Bonchev–Trinajstić information content (AvgIpc) is 2.99. The van der Waals surface area contributed by atoms with E-state index in [9.17, 15) is 28.0 Å². The van der Waals surface area contributed by atoms with E-state index in [2.05, 4.69) is 15.4 Å². The number of thioether (sulfide) groups is 1. The maximum atomic E-state index is 12.6. The first-order valence-corrected chi connectivity index (χ1v) is 10.8. The Kier molecular flexibility index (Phi) is 9.21. The second-order valence-electron chi connectivity index (χ2n) is 7.34. The number of amides is 4. The molecule has 1 aliphatic heterocycles. The van der Waals surface area contributed by atoms with Crippen molar-refractivity contribution in [2.24, 2.45) is 5.92 Å². The van der Waals surface area contributed by atoms with Gasteiger partial charge in [-0.3, -0.25) is 24.1 Å². The highest BCUT2D eigenvalue weighted by Gasteiger charge is 2.35. The van der Waals surface area contributed by atoms with E-state index < -0.39 is 29.7 Å². The molecule has 9 nitrogen and oxygen atoms in total. The first kappa shape index (κ1) is 26.1. The smallest absolute Gasteiger partial charge is 0.387 e. The molecule has 0 aliphatic carbocycles. The number of nitrogens with zero attached hydrogens (tertiary/aromatic N) is 1. The number of halogens is 2. The third-order valence-electron chi connectivity index (χ3n) is 4.52. The molecule has 1 atom stereocenters. The summed E-state index contributed by atoms with van der Waals surface area (Å²) in [5.74, 6) is -1.57. The molecule has 0 bridgehead atoms. The summed E-state index contributed by atoms with van der Waals surface area (Å²) in [5, 5.41) is 4.67. The highest BCUT2D eigenvalue weighted by atomic mass is 32.2. The van der Waals surface area contributed by atoms with Crippen molar-refractivity contribution in [2.45, 2.75) is 33.4 Å². The van der Waals surface area contributed by atoms with Crippen molar-refractivity contribution in [3.8, 4) is 11.5 Å². The Morgan fingerprint density at radius 2 is 1.91 bits per heavy atom. The van der Waals surface area contributed by atoms with Crippen LogP contribution in [-0.2, 0) is 14.4 Å². The molecule has 0 radical (unpaired) electrons. The van der Waals surface area contributed by atoms with Crippen molar-refractivity contribution < 1.29 is 37.4 Å². The summed E-state index contributed by atoms with van der Waals surface area (Å²) in [6, 6.07) is 3.39. The highest BCUT2D eigenvalue weighted by molar-refractivity contribution is 8.18. The van der Waals surface area contributed by atoms with Crippen molar-refractivity contribution in [3.05, 3.63) is 28.7 Å². The lowest BCUT2D eigenvalue weighted by Crippen LogP contribution is -2.50. The van der Waals surface area contributed by atoms with Gasteiger partial charge in [-0.25, -0.2) is 0 Å². The van der Waals surface area contributed by atoms with Crippen molar-refractivity contribution in [3.63, 3.8) is 0 Å². The molecule has 1 unspecified atom stereocenters. The summed E-state index contributed by atoms with van der Waals surface area (Å²) < 4.78 is 34.3. The van der Waals surface area contributed by atoms with Crippen LogP contribution in [0.1, 0.15) is 26.3 Å². The largest absolute Gasteiger partial charge is 0.493 e. The van der Waals surface area contributed by atoms with Gasteiger partial charge in [-0.2, -0.15) is 8.78 Å². The van der Waals surface area contributed by atoms with Crippen molar-refractivity contribution in [1.29, 1.82) is 0 Å². The van der Waals surface area contributed by atoms with Gasteiger partial charge in [-0.1, -0.05) is 19.9 Å². The summed E-state index contributed by atoms with van der Waals surface area (Å²) >= 11 is 0.720. The van der Waals surface area contributed by atoms with Gasteiger partial charge in [-0.05, 0) is 41.5 Å². The van der Waals surface area contributed by atoms with Gasteiger partial charge in [0.15, 0.2) is 11.5 Å². The van der Waals surface area contributed by atoms with Gasteiger partial charge in [0.05, 0.1) is 12.0 Å². The van der Waals surface area contributed by atoms with Gasteiger partial charge in [0.2, 0.25) is 11.8 Å². The van der Waals surface area contributed by atoms with Gasteiger partial charge in [0, 0.05) is 20.0 Å². The first-order chi connectivity index (χ1) is 15.5. The fraction of sp³-hybridized carbons (Fsp3) is 0.429. The Labute approximate surface area is 193 Å². The molecule has 180 valence electrons. The maximum absolute atomic E-state index is 12.6. The van der Waals surface area contributed by atoms with Crippen molar-refractivity contribution in [1.82, 2.24) is 15.5 Å². The van der Waals surface area contributed by atoms with Crippen LogP contribution in [0.25, 0.3) is 6.08 Å². The molecule has 4 amide bonds. The standard InChI is InChI=1S/C21H25F2N3O6S/c1-11(2)17(25-12(3)27)18(28)24-7-8-26-19(29)16(33-21(26)30)10-13-5-6-14(32-20(22)23)15(9-13)31-4/h5-6,9-11,17,20H,7-8H2,1-4H3,(H,24,28)(H,25,27). The lowest BCUT2D eigenvalue weighted by Gasteiger charge is -2.21. The summed E-state index contributed by atoms with van der Waals surface area (Å²) in [6.45, 7) is 1.81. The summed E-state index contributed by atoms with van der Waals surface area (Å²) in [6.07, 6.45) is 1.43. The van der Waals surface area contributed by atoms with E-state index >= 15 is 0 Å². The van der Waals surface area contributed by atoms with E-state index in [1.54, 1.807) is 13.8 Å². The normalized spacial score (nSPS) is 15.9. The molecule has 1 aromatic rings. The zero-order valence-electron chi connectivity index (χ0n) is 18.5. The number of benzene rings is 1. The molecule has 1 aromatic carbocycles. The quantitative estimate of drug-likeness (QED) is 0.490. The summed E-state index contributed by atoms with van der Waals surface area (Å²) in [4.78, 5) is 49.6. The number of carbonyl (C=O) groups excluding carboxylic acids is 4. The number of imide groups is 1. The van der Waals surface area contributed by atoms with E-state index in [4.69, 9.17) is 4.74 Å². The number of methoxy groups -OCH3 is 1. The van der Waals surface area contributed by atoms with Crippen LogP contribution in [0.3, 0.4) is 0 Å². The number of alkyl halides is 2. The van der Waals surface area contributed by atoms with E-state index in [0.29, 0.717) is 5.56 Å². The number of rotatable bonds is 10. The minimum absolute atomic E-state index is 0.0143. The molecule has 1 fully saturated rings. The predicted octanol–water partition coefficient (Wildman–Crippen LogP) is 2.61. The molecule has 1 aliphatic rings. The Hall–Kier alpha value is -3.15. The summed E-state index contributed by atoms with van der Waals surface area (Å²) in [7, 11) is 1.29. The first-order valence-electron chi connectivity index (χ1n) is 9.96. The molecule has 12 heteroatoms. The predicted molar refractivity (Wildman–Crippen MR) is 118 cm³/mol. The molecular weight excluding hydrogens is 460 g/mol. The molecule has 2 rings (SSSR count). The van der Waals surface area contributed by atoms with Gasteiger partial charge < -0.3 is 20.1 Å². The Bertz CT molecular complexity index is 954. The average molecular weight is 486 g/mol. The Morgan fingerprint density at radius 3 is 2.48 bits per heavy atom. The highest BCUT2D eigenvalue weighted by Crippen LogP contribution is 2.34. The van der Waals surface area contributed by atoms with E-state index in [0.717, 1.165) is 16.7 Å². The third-order valence-corrected chi connectivity index (χ3v) is 5.43. The SMILES string of the molecule is COc1cc(C=C2SC(=O)N(CCNC(=O)C(NC(C)=O)C(C)C)C2=O)ccc1OC(F)F. The number of hydrogen-bond donors (Lipinski definition) is 2. The number of ether oxygens (including phenoxy) is 2. The molecule has 0 aromatic heterocycles. The lowest BCUT2D eigenvalue weighted by molar-refractivity contribution is -0.129. The number of nitrogens with one attached hydrogen (secondary N) is 2. The Morgan fingerprint density at radius 1 is 1.21 bits per heavy atom. The molecule has 1 saturated heterocycles. The third kappa shape index (κ3) is 7.17. The van der Waals surface area contributed by atoms with Gasteiger partial charge in [0.1, 0.15) is 6.04 Å². The van der Waals surface area contributed by atoms with Crippen LogP contribution < -0.4 is 20.1 Å². The fourth-order valence-corrected chi connectivity index (χ4v) is 3.83. The molecule has 0 spiro atoms. The lowest BCUT2D eigenvalue weighted by atomic mass is 10.0. The minimum atomic E-state index is -3.02. The van der Waals surface area contributed by atoms with E-state index in [1.807, 2.05) is 0 Å². The van der Waals surface area contributed by atoms with Crippen LogP contribution in [0, 0.1) is 5.92 Å². The zero-order valence-corrected chi connectivity index (χ0v) is 19.3. The molecule has 1 heterocycles. The van der Waals surface area contributed by atoms with Gasteiger partial charge in [-0.15, -0.1) is 0 Å². The van der Waals surface area contributed by atoms with Crippen molar-refractivity contribution in [2.75, 3.05) is 20.2 Å². The van der Waals surface area contributed by atoms with Gasteiger partial charge >= 0.3 is 6.61 Å². The number of hydrogen-bond acceptors (Lipinski definition) is 7. The van der Waals surface area contributed by atoms with Crippen LogP contribution in [0.2, 0.25) is 0 Å². The van der Waals surface area contributed by atoms with E-state index in [-0.39, 0.29) is 41.3 Å². The van der Waals surface area contributed by atoms with Crippen LogP contribution in [0.4, 0.5) is 13.6 Å². The molecule has 33 heavy (non-hydrogen) atoms. The van der Waals surface area contributed by atoms with Crippen LogP contribution >= 0.6 is 11.8 Å². The molecule has 2 N–H and O–H groups in total. The topological polar surface area (TPSA) is 114 Å². The minimum Gasteiger partial charge on any atom is -0.493 e. The Balaban J connectivity index is 2.03. The fourth-order valence-electron chi connectivity index (χ4n) is 2.97. The van der Waals surface area contributed by atoms with Gasteiger partial charge in [0.25, 0.3) is 11.1 Å². The molecule has 0 saturated carbocycles. The van der Waals surface area contributed by atoms with E-state index in [1.165, 1.54) is 38.3 Å². The second kappa shape index (κ2) is 11.6. The zero-order chi connectivity index (χ0) is 24.7. The second-order valence-corrected chi connectivity index (χ2v) is 8.33. The van der Waals surface area contributed by atoms with Crippen LogP contribution in [0.15, 0.2) is 23.1 Å².